The molecule has 0 nitrogen and oxygen atoms in total. The monoisotopic (exact) mass is 288 g/mol. The highest BCUT2D eigenvalue weighted by Crippen LogP contribution is 2.26. The van der Waals surface area contributed by atoms with Crippen molar-refractivity contribution in [3.63, 3.8) is 0 Å². The Balaban J connectivity index is 1.66. The van der Waals surface area contributed by atoms with E-state index in [1.807, 2.05) is 0 Å². The van der Waals surface area contributed by atoms with Crippen molar-refractivity contribution >= 4 is 10.8 Å². The topological polar surface area (TPSA) is 0 Å². The lowest BCUT2D eigenvalue weighted by Crippen LogP contribution is -1.98. The number of hydrogen-bond acceptors (Lipinski definition) is 0. The fraction of sp³-hybridized carbons (Fsp3) is 0.273. The average Bonchev–Trinajstić information content (AvgIpc) is 2.55. The summed E-state index contributed by atoms with van der Waals surface area (Å²) in [5, 5.41) is 2.76. The van der Waals surface area contributed by atoms with Gasteiger partial charge in [-0.15, -0.1) is 0 Å². The fourth-order valence-electron chi connectivity index (χ4n) is 3.40. The van der Waals surface area contributed by atoms with Crippen molar-refractivity contribution in [2.24, 2.45) is 0 Å². The van der Waals surface area contributed by atoms with Crippen LogP contribution in [0.5, 0.6) is 0 Å². The molecule has 1 unspecified atom stereocenters. The molecule has 3 aromatic rings. The van der Waals surface area contributed by atoms with Gasteiger partial charge >= 0.3 is 0 Å². The summed E-state index contributed by atoms with van der Waals surface area (Å²) in [7, 11) is 0. The molecule has 0 aliphatic rings. The molecular weight excluding hydrogens is 264 g/mol. The van der Waals surface area contributed by atoms with Crippen LogP contribution in [0.4, 0.5) is 0 Å². The molecule has 0 saturated carbocycles. The maximum atomic E-state index is 2.35. The Morgan fingerprint density at radius 2 is 1.55 bits per heavy atom. The van der Waals surface area contributed by atoms with E-state index in [0.29, 0.717) is 5.92 Å². The van der Waals surface area contributed by atoms with Crippen molar-refractivity contribution in [3.05, 3.63) is 83.4 Å². The van der Waals surface area contributed by atoms with Gasteiger partial charge in [0.25, 0.3) is 0 Å². The molecule has 0 aliphatic carbocycles. The maximum absolute atomic E-state index is 2.35. The standard InChI is InChI=1S/C22H24/c1-17-9-3-5-15-21(17)18(2)10-7-12-20-14-8-13-19-11-4-6-16-22(19)20/h3-6,8-9,11,13-16,18H,7,10,12H2,1-2H3. The minimum absolute atomic E-state index is 0.635. The van der Waals surface area contributed by atoms with Gasteiger partial charge in [-0.2, -0.15) is 0 Å². The molecule has 0 amide bonds. The SMILES string of the molecule is Cc1ccccc1C(C)CCCc1cccc2ccccc12. The summed E-state index contributed by atoms with van der Waals surface area (Å²) in [6, 6.07) is 24.1. The summed E-state index contributed by atoms with van der Waals surface area (Å²) in [5.41, 5.74) is 4.40. The Bertz CT molecular complexity index is 749. The van der Waals surface area contributed by atoms with Gasteiger partial charge in [-0.25, -0.2) is 0 Å². The lowest BCUT2D eigenvalue weighted by Gasteiger charge is -2.15. The zero-order valence-electron chi connectivity index (χ0n) is 13.5. The molecule has 0 aliphatic heterocycles. The van der Waals surface area contributed by atoms with Gasteiger partial charge < -0.3 is 0 Å². The third-order valence-electron chi connectivity index (χ3n) is 4.68. The normalized spacial score (nSPS) is 12.5. The number of hydrogen-bond donors (Lipinski definition) is 0. The molecule has 1 atom stereocenters. The molecule has 0 aromatic heterocycles. The van der Waals surface area contributed by atoms with E-state index in [2.05, 4.69) is 80.6 Å². The molecule has 0 bridgehead atoms. The van der Waals surface area contributed by atoms with Crippen LogP contribution in [0, 0.1) is 6.92 Å². The molecule has 0 radical (unpaired) electrons. The molecule has 0 N–H and O–H groups in total. The van der Waals surface area contributed by atoms with Gasteiger partial charge in [0, 0.05) is 0 Å². The third kappa shape index (κ3) is 3.22. The van der Waals surface area contributed by atoms with Crippen LogP contribution in [0.1, 0.15) is 42.4 Å². The van der Waals surface area contributed by atoms with E-state index in [-0.39, 0.29) is 0 Å². The molecule has 0 heterocycles. The maximum Gasteiger partial charge on any atom is -0.0152 e. The van der Waals surface area contributed by atoms with Crippen LogP contribution in [0.2, 0.25) is 0 Å². The van der Waals surface area contributed by atoms with Gasteiger partial charge in [-0.05, 0) is 59.6 Å². The zero-order valence-corrected chi connectivity index (χ0v) is 13.5. The van der Waals surface area contributed by atoms with E-state index in [4.69, 9.17) is 0 Å². The third-order valence-corrected chi connectivity index (χ3v) is 4.68. The summed E-state index contributed by atoms with van der Waals surface area (Å²) in [5.74, 6) is 0.635. The van der Waals surface area contributed by atoms with Crippen LogP contribution >= 0.6 is 0 Å². The van der Waals surface area contributed by atoms with Crippen molar-refractivity contribution < 1.29 is 0 Å². The largest absolute Gasteiger partial charge is 0.0620 e. The first-order valence-corrected chi connectivity index (χ1v) is 8.28. The van der Waals surface area contributed by atoms with Crippen molar-refractivity contribution in [2.75, 3.05) is 0 Å². The predicted molar refractivity (Wildman–Crippen MR) is 96.5 cm³/mol. The smallest absolute Gasteiger partial charge is 0.0152 e. The Labute approximate surface area is 133 Å². The number of rotatable bonds is 5. The summed E-state index contributed by atoms with van der Waals surface area (Å²) in [4.78, 5) is 0. The molecule has 3 aromatic carbocycles. The predicted octanol–water partition coefficient (Wildman–Crippen LogP) is 6.27. The average molecular weight is 288 g/mol. The second-order valence-corrected chi connectivity index (χ2v) is 6.29. The molecule has 3 rings (SSSR count). The number of aryl methyl sites for hydroxylation is 2. The Hall–Kier alpha value is -2.08. The number of benzene rings is 3. The van der Waals surface area contributed by atoms with Gasteiger partial charge in [-0.1, -0.05) is 73.7 Å². The first-order valence-electron chi connectivity index (χ1n) is 8.28. The lowest BCUT2D eigenvalue weighted by molar-refractivity contribution is 0.632. The number of fused-ring (bicyclic) bond motifs is 1. The van der Waals surface area contributed by atoms with E-state index in [0.717, 1.165) is 6.42 Å². The highest BCUT2D eigenvalue weighted by molar-refractivity contribution is 5.85. The van der Waals surface area contributed by atoms with Crippen molar-refractivity contribution in [3.8, 4) is 0 Å². The molecule has 112 valence electrons. The Kier molecular flexibility index (Phi) is 4.58. The summed E-state index contributed by atoms with van der Waals surface area (Å²) in [6.07, 6.45) is 3.65. The highest BCUT2D eigenvalue weighted by Gasteiger charge is 2.08. The Morgan fingerprint density at radius 3 is 2.41 bits per heavy atom. The molecular formula is C22H24. The minimum atomic E-state index is 0.635. The van der Waals surface area contributed by atoms with Gasteiger partial charge in [0.15, 0.2) is 0 Å². The van der Waals surface area contributed by atoms with E-state index >= 15 is 0 Å². The van der Waals surface area contributed by atoms with Crippen LogP contribution in [-0.4, -0.2) is 0 Å². The van der Waals surface area contributed by atoms with Gasteiger partial charge in [-0.3, -0.25) is 0 Å². The second kappa shape index (κ2) is 6.79. The van der Waals surface area contributed by atoms with Gasteiger partial charge in [0.2, 0.25) is 0 Å². The van der Waals surface area contributed by atoms with Crippen LogP contribution in [0.25, 0.3) is 10.8 Å². The molecule has 0 fully saturated rings. The highest BCUT2D eigenvalue weighted by atomic mass is 14.1. The lowest BCUT2D eigenvalue weighted by atomic mass is 9.90. The minimum Gasteiger partial charge on any atom is -0.0620 e. The summed E-state index contributed by atoms with van der Waals surface area (Å²) >= 11 is 0. The van der Waals surface area contributed by atoms with E-state index < -0.39 is 0 Å². The quantitative estimate of drug-likeness (QED) is 0.518. The molecule has 0 heteroatoms. The van der Waals surface area contributed by atoms with Crippen LogP contribution in [-0.2, 0) is 6.42 Å². The molecule has 0 saturated heterocycles. The first kappa shape index (κ1) is 14.8. The van der Waals surface area contributed by atoms with E-state index in [1.165, 1.54) is 40.3 Å². The zero-order chi connectivity index (χ0) is 15.4. The van der Waals surface area contributed by atoms with Gasteiger partial charge in [0.05, 0.1) is 0 Å². The van der Waals surface area contributed by atoms with E-state index in [1.54, 1.807) is 0 Å². The molecule has 22 heavy (non-hydrogen) atoms. The van der Waals surface area contributed by atoms with Crippen molar-refractivity contribution in [2.45, 2.75) is 39.0 Å². The van der Waals surface area contributed by atoms with Crippen molar-refractivity contribution in [1.29, 1.82) is 0 Å². The molecule has 0 spiro atoms. The van der Waals surface area contributed by atoms with Crippen LogP contribution in [0.15, 0.2) is 66.7 Å². The summed E-state index contributed by atoms with van der Waals surface area (Å²) in [6.45, 7) is 4.57. The van der Waals surface area contributed by atoms with Gasteiger partial charge in [0.1, 0.15) is 0 Å². The van der Waals surface area contributed by atoms with Crippen molar-refractivity contribution in [1.82, 2.24) is 0 Å². The Morgan fingerprint density at radius 1 is 0.818 bits per heavy atom. The fourth-order valence-corrected chi connectivity index (χ4v) is 3.40. The second-order valence-electron chi connectivity index (χ2n) is 6.29. The first-order chi connectivity index (χ1) is 10.8. The van der Waals surface area contributed by atoms with E-state index in [9.17, 15) is 0 Å². The van der Waals surface area contributed by atoms with Crippen LogP contribution in [0.3, 0.4) is 0 Å². The summed E-state index contributed by atoms with van der Waals surface area (Å²) < 4.78 is 0. The van der Waals surface area contributed by atoms with Crippen LogP contribution < -0.4 is 0 Å².